The van der Waals surface area contributed by atoms with Gasteiger partial charge in [0.1, 0.15) is 12.6 Å². The van der Waals surface area contributed by atoms with Gasteiger partial charge in [-0.05, 0) is 37.6 Å². The average Bonchev–Trinajstić information content (AvgIpc) is 2.75. The Kier molecular flexibility index (Phi) is 8.94. The first kappa shape index (κ1) is 26.3. The Balaban J connectivity index is 2.41. The van der Waals surface area contributed by atoms with Crippen molar-refractivity contribution >= 4 is 49.1 Å². The van der Waals surface area contributed by atoms with E-state index in [0.29, 0.717) is 6.54 Å². The number of carbonyl (C=O) groups is 2. The van der Waals surface area contributed by atoms with Crippen molar-refractivity contribution in [3.05, 3.63) is 68.7 Å². The monoisotopic (exact) mass is 540 g/mol. The van der Waals surface area contributed by atoms with Crippen LogP contribution in [0.1, 0.15) is 19.4 Å². The van der Waals surface area contributed by atoms with Crippen molar-refractivity contribution in [2.45, 2.75) is 26.4 Å². The Morgan fingerprint density at radius 2 is 1.82 bits per heavy atom. The highest BCUT2D eigenvalue weighted by Gasteiger charge is 2.30. The third kappa shape index (κ3) is 7.26. The van der Waals surface area contributed by atoms with E-state index in [1.807, 2.05) is 0 Å². The van der Waals surface area contributed by atoms with Crippen molar-refractivity contribution in [3.8, 4) is 0 Å². The molecule has 2 amide bonds. The number of likely N-dealkylation sites (N-methyl/N-ethyl adjacent to an activating group) is 1. The molecule has 2 aromatic rings. The van der Waals surface area contributed by atoms with Crippen LogP contribution in [0.4, 0.5) is 11.4 Å². The summed E-state index contributed by atoms with van der Waals surface area (Å²) in [6.07, 6.45) is 0.908. The van der Waals surface area contributed by atoms with Crippen LogP contribution in [0.3, 0.4) is 0 Å². The van der Waals surface area contributed by atoms with Crippen molar-refractivity contribution in [1.29, 1.82) is 0 Å². The second kappa shape index (κ2) is 11.2. The number of nitro benzene ring substituents is 1. The van der Waals surface area contributed by atoms with Crippen molar-refractivity contribution in [2.75, 3.05) is 23.7 Å². The minimum atomic E-state index is -3.97. The zero-order valence-electron chi connectivity index (χ0n) is 18.4. The number of rotatable bonds is 10. The molecule has 10 nitrogen and oxygen atoms in total. The topological polar surface area (TPSA) is 130 Å². The van der Waals surface area contributed by atoms with E-state index in [1.54, 1.807) is 38.1 Å². The number of sulfonamides is 1. The summed E-state index contributed by atoms with van der Waals surface area (Å²) in [5, 5.41) is 13.8. The van der Waals surface area contributed by atoms with Gasteiger partial charge in [0.15, 0.2) is 0 Å². The van der Waals surface area contributed by atoms with Gasteiger partial charge in [0.25, 0.3) is 5.69 Å². The summed E-state index contributed by atoms with van der Waals surface area (Å²) in [5.74, 6) is -1.02. The number of halogens is 1. The summed E-state index contributed by atoms with van der Waals surface area (Å²) in [5.41, 5.74) is 0.411. The molecule has 33 heavy (non-hydrogen) atoms. The van der Waals surface area contributed by atoms with E-state index in [1.165, 1.54) is 23.1 Å². The summed E-state index contributed by atoms with van der Waals surface area (Å²) in [7, 11) is -3.97. The van der Waals surface area contributed by atoms with Crippen LogP contribution in [0.5, 0.6) is 0 Å². The minimum absolute atomic E-state index is 0.0192. The number of nitrogens with one attached hydrogen (secondary N) is 1. The lowest BCUT2D eigenvalue weighted by atomic mass is 10.1. The van der Waals surface area contributed by atoms with E-state index in [0.717, 1.165) is 26.7 Å². The number of hydrogen-bond acceptors (Lipinski definition) is 6. The van der Waals surface area contributed by atoms with Gasteiger partial charge in [-0.1, -0.05) is 34.1 Å². The summed E-state index contributed by atoms with van der Waals surface area (Å²) < 4.78 is 26.6. The maximum atomic E-state index is 13.3. The second-order valence-electron chi connectivity index (χ2n) is 7.27. The minimum Gasteiger partial charge on any atom is -0.355 e. The van der Waals surface area contributed by atoms with Crippen LogP contribution < -0.4 is 9.62 Å². The molecule has 1 atom stereocenters. The van der Waals surface area contributed by atoms with E-state index in [2.05, 4.69) is 21.2 Å². The highest BCUT2D eigenvalue weighted by atomic mass is 79.9. The molecule has 12 heteroatoms. The first-order chi connectivity index (χ1) is 15.4. The van der Waals surface area contributed by atoms with Gasteiger partial charge in [0, 0.05) is 29.7 Å². The summed E-state index contributed by atoms with van der Waals surface area (Å²) in [6, 6.07) is 11.3. The van der Waals surface area contributed by atoms with Crippen LogP contribution in [0.2, 0.25) is 0 Å². The number of hydrogen-bond donors (Lipinski definition) is 1. The highest BCUT2D eigenvalue weighted by molar-refractivity contribution is 9.10. The molecule has 0 aliphatic heterocycles. The fourth-order valence-electron chi connectivity index (χ4n) is 3.07. The molecule has 2 rings (SSSR count). The molecule has 0 unspecified atom stereocenters. The summed E-state index contributed by atoms with van der Waals surface area (Å²) in [6.45, 7) is 3.11. The Morgan fingerprint density at radius 3 is 2.36 bits per heavy atom. The molecule has 0 radical (unpaired) electrons. The zero-order chi connectivity index (χ0) is 24.8. The predicted molar refractivity (Wildman–Crippen MR) is 128 cm³/mol. The number of amides is 2. The lowest BCUT2D eigenvalue weighted by Gasteiger charge is -2.31. The lowest BCUT2D eigenvalue weighted by Crippen LogP contribution is -2.51. The van der Waals surface area contributed by atoms with Crippen molar-refractivity contribution < 1.29 is 22.9 Å². The fourth-order valence-corrected chi connectivity index (χ4v) is 4.17. The number of benzene rings is 2. The largest absolute Gasteiger partial charge is 0.355 e. The first-order valence-corrected chi connectivity index (χ1v) is 12.6. The molecule has 0 heterocycles. The number of nitro groups is 1. The number of carbonyl (C=O) groups excluding carboxylic acids is 2. The van der Waals surface area contributed by atoms with Crippen molar-refractivity contribution in [3.63, 3.8) is 0 Å². The molecule has 0 spiro atoms. The van der Waals surface area contributed by atoms with Gasteiger partial charge >= 0.3 is 0 Å². The quantitative estimate of drug-likeness (QED) is 0.364. The van der Waals surface area contributed by atoms with Gasteiger partial charge in [-0.2, -0.15) is 0 Å². The Hall–Kier alpha value is -2.99. The highest BCUT2D eigenvalue weighted by Crippen LogP contribution is 2.24. The predicted octanol–water partition coefficient (Wildman–Crippen LogP) is 2.68. The number of nitrogens with zero attached hydrogens (tertiary/aromatic N) is 3. The SMILES string of the molecule is CCNC(=O)[C@H](C)N(Cc1ccc(Br)cc1)C(=O)CN(c1cccc([N+](=O)[O-])c1)S(C)(=O)=O. The van der Waals surface area contributed by atoms with Gasteiger partial charge < -0.3 is 10.2 Å². The van der Waals surface area contributed by atoms with E-state index >= 15 is 0 Å². The molecule has 0 aliphatic carbocycles. The van der Waals surface area contributed by atoms with Crippen molar-refractivity contribution in [1.82, 2.24) is 10.2 Å². The van der Waals surface area contributed by atoms with Gasteiger partial charge in [0.2, 0.25) is 21.8 Å². The third-order valence-corrected chi connectivity index (χ3v) is 6.46. The lowest BCUT2D eigenvalue weighted by molar-refractivity contribution is -0.384. The first-order valence-electron chi connectivity index (χ1n) is 9.97. The van der Waals surface area contributed by atoms with Crippen LogP contribution in [0.15, 0.2) is 53.0 Å². The van der Waals surface area contributed by atoms with Crippen LogP contribution in [-0.4, -0.2) is 55.4 Å². The van der Waals surface area contributed by atoms with Gasteiger partial charge in [-0.15, -0.1) is 0 Å². The normalized spacial score (nSPS) is 12.0. The second-order valence-corrected chi connectivity index (χ2v) is 10.1. The van der Waals surface area contributed by atoms with Crippen molar-refractivity contribution in [2.24, 2.45) is 0 Å². The number of non-ortho nitro benzene ring substituents is 1. The molecular formula is C21H25BrN4O6S. The Morgan fingerprint density at radius 1 is 1.18 bits per heavy atom. The molecular weight excluding hydrogens is 516 g/mol. The molecule has 0 aliphatic rings. The van der Waals surface area contributed by atoms with E-state index < -0.39 is 33.4 Å². The van der Waals surface area contributed by atoms with Gasteiger partial charge in [-0.25, -0.2) is 8.42 Å². The fraction of sp³-hybridized carbons (Fsp3) is 0.333. The van der Waals surface area contributed by atoms with Crippen LogP contribution in [0.25, 0.3) is 0 Å². The van der Waals surface area contributed by atoms with Gasteiger partial charge in [-0.3, -0.25) is 24.0 Å². The van der Waals surface area contributed by atoms with E-state index in [4.69, 9.17) is 0 Å². The molecule has 0 fully saturated rings. The Labute approximate surface area is 200 Å². The molecule has 0 bridgehead atoms. The number of anilines is 1. The zero-order valence-corrected chi connectivity index (χ0v) is 20.8. The average molecular weight is 541 g/mol. The maximum absolute atomic E-state index is 13.3. The molecule has 0 aromatic heterocycles. The van der Waals surface area contributed by atoms with E-state index in [9.17, 15) is 28.1 Å². The Bertz CT molecular complexity index is 1120. The molecule has 178 valence electrons. The molecule has 2 aromatic carbocycles. The van der Waals surface area contributed by atoms with Gasteiger partial charge in [0.05, 0.1) is 16.9 Å². The molecule has 1 N–H and O–H groups in total. The standard InChI is InChI=1S/C21H25BrN4O6S/c1-4-23-21(28)15(2)24(13-16-8-10-17(22)11-9-16)20(27)14-25(33(3,31)32)18-6-5-7-19(12-18)26(29)30/h5-12,15H,4,13-14H2,1-3H3,(H,23,28)/t15-/m0/s1. The molecule has 0 saturated carbocycles. The molecule has 0 saturated heterocycles. The maximum Gasteiger partial charge on any atom is 0.271 e. The van der Waals surface area contributed by atoms with Crippen LogP contribution >= 0.6 is 15.9 Å². The van der Waals surface area contributed by atoms with Crippen LogP contribution in [0, 0.1) is 10.1 Å². The van der Waals surface area contributed by atoms with E-state index in [-0.39, 0.29) is 23.8 Å². The third-order valence-electron chi connectivity index (χ3n) is 4.79. The summed E-state index contributed by atoms with van der Waals surface area (Å²) in [4.78, 5) is 37.6. The summed E-state index contributed by atoms with van der Waals surface area (Å²) >= 11 is 3.34. The van der Waals surface area contributed by atoms with Crippen LogP contribution in [-0.2, 0) is 26.2 Å². The smallest absolute Gasteiger partial charge is 0.271 e.